The van der Waals surface area contributed by atoms with Gasteiger partial charge in [0.2, 0.25) is 0 Å². The number of hydrogen-bond donors (Lipinski definition) is 1. The van der Waals surface area contributed by atoms with Crippen LogP contribution in [-0.4, -0.2) is 10.9 Å². The lowest BCUT2D eigenvalue weighted by molar-refractivity contribution is -0.117. The maximum atomic E-state index is 11.2. The molecule has 9 aromatic heterocycles. The summed E-state index contributed by atoms with van der Waals surface area (Å²) in [4.78, 5) is 11.2. The van der Waals surface area contributed by atoms with E-state index < -0.39 is 11.5 Å². The summed E-state index contributed by atoms with van der Waals surface area (Å²) in [7, 11) is 0. The van der Waals surface area contributed by atoms with E-state index in [1.54, 1.807) is 6.92 Å². The summed E-state index contributed by atoms with van der Waals surface area (Å²) in [5, 5.41) is 10.4. The molecule has 376 valence electrons. The Balaban J connectivity index is 0.000000161. The summed E-state index contributed by atoms with van der Waals surface area (Å²) in [6.07, 6.45) is 3.47. The molecular formula is C60H70O11. The van der Waals surface area contributed by atoms with Crippen LogP contribution in [0.3, 0.4) is 0 Å². The smallest absolute Gasteiger partial charge is 0.132 e. The Kier molecular flexibility index (Phi) is 16.5. The van der Waals surface area contributed by atoms with Gasteiger partial charge in [-0.25, -0.2) is 0 Å². The molecule has 71 heavy (non-hydrogen) atoms. The lowest BCUT2D eigenvalue weighted by atomic mass is 9.78. The standard InChI is InChI=1S/C25H28O4.C20H24O4.C15H18O3/c1-16-6-10-21(26-16)20(22-11-7-17(2)27-22)14-15-25(5,23-12-8-18(3)28-23)24-13-9-19(4)29-24;1-13-5-8-17(22-13)16(21)11-12-20(4,18-9-6-14(2)23-18)19-10-7-15(3)24-19;1-10(16)4-7-13(14-8-5-11(2)17-14)15-9-6-12(3)18-15/h6-13,20H,14-15H2,1-5H3;5-10,16,21H,11-12H2,1-4H3;5-6,8-9,13H,4,7H2,1-3H3. The molecule has 0 aromatic carbocycles. The molecule has 1 atom stereocenters. The number of aliphatic hydroxyl groups excluding tert-OH is 1. The predicted molar refractivity (Wildman–Crippen MR) is 271 cm³/mol. The van der Waals surface area contributed by atoms with Crippen molar-refractivity contribution in [2.24, 2.45) is 0 Å². The highest BCUT2D eigenvalue weighted by molar-refractivity contribution is 5.75. The number of ketones is 1. The molecule has 0 bridgehead atoms. The summed E-state index contributed by atoms with van der Waals surface area (Å²) in [5.74, 6) is 15.8. The zero-order valence-corrected chi connectivity index (χ0v) is 43.4. The lowest BCUT2D eigenvalue weighted by Crippen LogP contribution is -2.23. The second-order valence-corrected chi connectivity index (χ2v) is 19.5. The van der Waals surface area contributed by atoms with Crippen LogP contribution in [0.2, 0.25) is 0 Å². The molecule has 0 saturated heterocycles. The Morgan fingerprint density at radius 1 is 0.380 bits per heavy atom. The highest BCUT2D eigenvalue weighted by Gasteiger charge is 2.38. The van der Waals surface area contributed by atoms with E-state index in [1.807, 2.05) is 159 Å². The average Bonchev–Trinajstić information content (AvgIpc) is 4.16. The molecule has 0 aliphatic rings. The summed E-state index contributed by atoms with van der Waals surface area (Å²) in [6.45, 7) is 23.3. The van der Waals surface area contributed by atoms with Crippen LogP contribution in [0.25, 0.3) is 0 Å². The first kappa shape index (κ1) is 52.0. The second-order valence-electron chi connectivity index (χ2n) is 19.5. The number of carbonyl (C=O) groups excluding carboxylic acids is 1. The van der Waals surface area contributed by atoms with Crippen molar-refractivity contribution in [3.8, 4) is 0 Å². The minimum Gasteiger partial charge on any atom is -0.466 e. The number of furan rings is 9. The summed E-state index contributed by atoms with van der Waals surface area (Å²) >= 11 is 0. The van der Waals surface area contributed by atoms with Gasteiger partial charge in [-0.2, -0.15) is 0 Å². The zero-order valence-electron chi connectivity index (χ0n) is 43.4. The molecule has 0 fully saturated rings. The fourth-order valence-electron chi connectivity index (χ4n) is 9.05. The van der Waals surface area contributed by atoms with E-state index in [9.17, 15) is 9.90 Å². The van der Waals surface area contributed by atoms with Crippen molar-refractivity contribution in [1.82, 2.24) is 0 Å². The minimum atomic E-state index is -0.648. The van der Waals surface area contributed by atoms with E-state index in [1.165, 1.54) is 0 Å². The molecule has 1 unspecified atom stereocenters. The minimum absolute atomic E-state index is 0.0244. The van der Waals surface area contributed by atoms with Crippen molar-refractivity contribution in [2.45, 2.75) is 150 Å². The lowest BCUT2D eigenvalue weighted by Gasteiger charge is -2.27. The number of hydrogen-bond acceptors (Lipinski definition) is 11. The topological polar surface area (TPSA) is 156 Å². The number of Topliss-reactive ketones (excluding diaryl/α,β-unsaturated/α-hetero) is 1. The van der Waals surface area contributed by atoms with E-state index in [0.717, 1.165) is 117 Å². The Morgan fingerprint density at radius 3 is 0.887 bits per heavy atom. The molecule has 1 N–H and O–H groups in total. The molecule has 0 amide bonds. The monoisotopic (exact) mass is 966 g/mol. The predicted octanol–water partition coefficient (Wildman–Crippen LogP) is 16.4. The van der Waals surface area contributed by atoms with E-state index >= 15 is 0 Å². The first-order chi connectivity index (χ1) is 33.8. The van der Waals surface area contributed by atoms with Gasteiger partial charge in [0.25, 0.3) is 0 Å². The average molecular weight is 967 g/mol. The van der Waals surface area contributed by atoms with Crippen LogP contribution in [0.15, 0.2) is 149 Å². The fraction of sp³-hybridized carbons (Fsp3) is 0.383. The SMILES string of the molecule is CC(=O)CCC(c1ccc(C)o1)c1ccc(C)o1.Cc1ccc(C(CCC(C)(c2ccc(C)o2)c2ccc(C)o2)c2ccc(C)o2)o1.Cc1ccc(C(O)CCC(C)(c2ccc(C)o2)c2ccc(C)o2)o1. The largest absolute Gasteiger partial charge is 0.466 e. The Bertz CT molecular complexity index is 2900. The fourth-order valence-corrected chi connectivity index (χ4v) is 9.05. The highest BCUT2D eigenvalue weighted by atomic mass is 16.4. The maximum absolute atomic E-state index is 11.2. The van der Waals surface area contributed by atoms with Crippen LogP contribution in [0.4, 0.5) is 0 Å². The normalized spacial score (nSPS) is 12.3. The molecule has 0 spiro atoms. The van der Waals surface area contributed by atoms with Gasteiger partial charge in [0.05, 0.1) is 22.7 Å². The van der Waals surface area contributed by atoms with Gasteiger partial charge in [0.15, 0.2) is 0 Å². The van der Waals surface area contributed by atoms with Gasteiger partial charge in [0, 0.05) is 6.42 Å². The van der Waals surface area contributed by atoms with Crippen LogP contribution < -0.4 is 0 Å². The van der Waals surface area contributed by atoms with Gasteiger partial charge in [0.1, 0.15) is 116 Å². The van der Waals surface area contributed by atoms with Gasteiger partial charge >= 0.3 is 0 Å². The van der Waals surface area contributed by atoms with Crippen molar-refractivity contribution >= 4 is 5.78 Å². The van der Waals surface area contributed by atoms with Crippen molar-refractivity contribution in [2.75, 3.05) is 0 Å². The van der Waals surface area contributed by atoms with Gasteiger partial charge < -0.3 is 49.7 Å². The highest BCUT2D eigenvalue weighted by Crippen LogP contribution is 2.43. The molecule has 0 radical (unpaired) electrons. The van der Waals surface area contributed by atoms with Crippen LogP contribution in [0.1, 0.15) is 181 Å². The van der Waals surface area contributed by atoms with Crippen LogP contribution >= 0.6 is 0 Å². The molecule has 9 rings (SSSR count). The molecule has 9 aromatic rings. The molecule has 0 aliphatic carbocycles. The summed E-state index contributed by atoms with van der Waals surface area (Å²) < 4.78 is 52.7. The van der Waals surface area contributed by atoms with E-state index in [2.05, 4.69) is 26.0 Å². The summed E-state index contributed by atoms with van der Waals surface area (Å²) in [5.41, 5.74) is -0.824. The summed E-state index contributed by atoms with van der Waals surface area (Å²) in [6, 6.07) is 35.6. The molecule has 11 heteroatoms. The van der Waals surface area contributed by atoms with E-state index in [4.69, 9.17) is 39.8 Å². The third-order valence-corrected chi connectivity index (χ3v) is 13.3. The van der Waals surface area contributed by atoms with E-state index in [0.29, 0.717) is 25.0 Å². The molecule has 0 saturated carbocycles. The number of aliphatic hydroxyl groups is 1. The Morgan fingerprint density at radius 2 is 0.634 bits per heavy atom. The third-order valence-electron chi connectivity index (χ3n) is 13.3. The van der Waals surface area contributed by atoms with Crippen LogP contribution in [0, 0.1) is 62.3 Å². The van der Waals surface area contributed by atoms with Gasteiger partial charge in [-0.1, -0.05) is 0 Å². The van der Waals surface area contributed by atoms with Gasteiger partial charge in [-0.15, -0.1) is 0 Å². The zero-order chi connectivity index (χ0) is 51.0. The van der Waals surface area contributed by atoms with Crippen molar-refractivity contribution in [1.29, 1.82) is 0 Å². The van der Waals surface area contributed by atoms with Crippen LogP contribution in [0.5, 0.6) is 0 Å². The molecular weight excluding hydrogens is 897 g/mol. The van der Waals surface area contributed by atoms with Gasteiger partial charge in [-0.05, 0) is 224 Å². The second kappa shape index (κ2) is 22.5. The van der Waals surface area contributed by atoms with Gasteiger partial charge in [-0.3, -0.25) is 0 Å². The number of carbonyl (C=O) groups is 1. The Labute approximate surface area is 417 Å². The van der Waals surface area contributed by atoms with Crippen molar-refractivity contribution < 1.29 is 49.7 Å². The number of rotatable bonds is 18. The first-order valence-electron chi connectivity index (χ1n) is 24.6. The third kappa shape index (κ3) is 12.9. The van der Waals surface area contributed by atoms with Crippen molar-refractivity contribution in [3.05, 3.63) is 213 Å². The quantitative estimate of drug-likeness (QED) is 0.0873. The van der Waals surface area contributed by atoms with E-state index in [-0.39, 0.29) is 23.0 Å². The first-order valence-corrected chi connectivity index (χ1v) is 24.6. The number of aryl methyl sites for hydroxylation is 9. The molecule has 11 nitrogen and oxygen atoms in total. The van der Waals surface area contributed by atoms with Crippen LogP contribution in [-0.2, 0) is 15.6 Å². The maximum Gasteiger partial charge on any atom is 0.132 e. The molecule has 0 aliphatic heterocycles. The van der Waals surface area contributed by atoms with Crippen molar-refractivity contribution in [3.63, 3.8) is 0 Å². The Hall–Kier alpha value is -6.85. The molecule has 9 heterocycles.